The van der Waals surface area contributed by atoms with E-state index in [1.54, 1.807) is 14.2 Å². The number of aliphatic hydroxyl groups excluding tert-OH is 1. The number of ether oxygens (including phenoxy) is 3. The summed E-state index contributed by atoms with van der Waals surface area (Å²) < 4.78 is 59.6. The van der Waals surface area contributed by atoms with Crippen LogP contribution in [-0.4, -0.2) is 55.1 Å². The number of hydrogen-bond donors (Lipinski definition) is 1. The number of hydrogen-bond acceptors (Lipinski definition) is 5. The Morgan fingerprint density at radius 1 is 1.07 bits per heavy atom. The SMILES string of the molecule is COc1ccc2c3c1O[C@H]1[C@@]4(OC)CC[C@@]5(C[C@@]4(C)[C@H](O)c4ccc(C(F)(F)F)cc4)[C@@H](C2)N(CC2CC2)CC[C@]315. The monoisotopic (exact) mass is 569 g/mol. The number of benzene rings is 2. The zero-order valence-corrected chi connectivity index (χ0v) is 23.9. The number of nitrogens with zero attached hydrogens (tertiary/aromatic N) is 1. The zero-order chi connectivity index (χ0) is 28.6. The van der Waals surface area contributed by atoms with Crippen molar-refractivity contribution < 1.29 is 32.5 Å². The van der Waals surface area contributed by atoms with Gasteiger partial charge >= 0.3 is 6.18 Å². The summed E-state index contributed by atoms with van der Waals surface area (Å²) >= 11 is 0. The molecule has 4 saturated carbocycles. The average molecular weight is 570 g/mol. The second kappa shape index (κ2) is 8.20. The summed E-state index contributed by atoms with van der Waals surface area (Å²) in [6, 6.07) is 9.59. The van der Waals surface area contributed by atoms with E-state index in [0.29, 0.717) is 11.6 Å². The predicted octanol–water partition coefficient (Wildman–Crippen LogP) is 6.06. The molecular formula is C33H38F3NO4. The maximum atomic E-state index is 13.4. The molecule has 0 unspecified atom stereocenters. The first-order chi connectivity index (χ1) is 19.5. The topological polar surface area (TPSA) is 51.2 Å². The van der Waals surface area contributed by atoms with Gasteiger partial charge in [-0.25, -0.2) is 0 Å². The molecule has 5 aliphatic carbocycles. The quantitative estimate of drug-likeness (QED) is 0.458. The Labute approximate surface area is 239 Å². The second-order valence-electron chi connectivity index (χ2n) is 13.9. The molecule has 2 aliphatic heterocycles. The van der Waals surface area contributed by atoms with Crippen molar-refractivity contribution in [2.45, 2.75) is 87.3 Å². The van der Waals surface area contributed by atoms with E-state index < -0.39 is 28.9 Å². The second-order valence-corrected chi connectivity index (χ2v) is 13.9. The Hall–Kier alpha value is -2.29. The minimum atomic E-state index is -4.43. The highest BCUT2D eigenvalue weighted by molar-refractivity contribution is 5.64. The smallest absolute Gasteiger partial charge is 0.416 e. The number of aliphatic hydroxyl groups is 1. The minimum Gasteiger partial charge on any atom is -0.493 e. The number of fused-ring (bicyclic) bond motifs is 2. The molecule has 7 aliphatic rings. The number of likely N-dealkylation sites (tertiary alicyclic amines) is 1. The summed E-state index contributed by atoms with van der Waals surface area (Å²) in [5, 5.41) is 12.2. The van der Waals surface area contributed by atoms with E-state index in [4.69, 9.17) is 14.2 Å². The third kappa shape index (κ3) is 3.04. The van der Waals surface area contributed by atoms with E-state index in [9.17, 15) is 18.3 Å². The fourth-order valence-corrected chi connectivity index (χ4v) is 10.6. The van der Waals surface area contributed by atoms with Crippen molar-refractivity contribution in [2.24, 2.45) is 16.7 Å². The van der Waals surface area contributed by atoms with Crippen molar-refractivity contribution in [3.05, 3.63) is 58.7 Å². The van der Waals surface area contributed by atoms with Crippen LogP contribution in [0.5, 0.6) is 11.5 Å². The Bertz CT molecular complexity index is 1410. The summed E-state index contributed by atoms with van der Waals surface area (Å²) in [5.74, 6) is 2.32. The molecule has 4 bridgehead atoms. The lowest BCUT2D eigenvalue weighted by molar-refractivity contribution is -0.324. The molecule has 0 amide bonds. The van der Waals surface area contributed by atoms with Gasteiger partial charge in [-0.1, -0.05) is 25.1 Å². The first-order valence-corrected chi connectivity index (χ1v) is 15.1. The third-order valence-corrected chi connectivity index (χ3v) is 12.5. The molecule has 2 spiro atoms. The third-order valence-electron chi connectivity index (χ3n) is 12.5. The number of rotatable bonds is 6. The predicted molar refractivity (Wildman–Crippen MR) is 146 cm³/mol. The fraction of sp³-hybridized carbons (Fsp3) is 0.636. The van der Waals surface area contributed by atoms with Crippen LogP contribution in [0.1, 0.15) is 73.8 Å². The van der Waals surface area contributed by atoms with Gasteiger partial charge in [0.25, 0.3) is 0 Å². The van der Waals surface area contributed by atoms with Crippen LogP contribution in [0.3, 0.4) is 0 Å². The Morgan fingerprint density at radius 2 is 1.83 bits per heavy atom. The van der Waals surface area contributed by atoms with Gasteiger partial charge in [0, 0.05) is 41.5 Å². The van der Waals surface area contributed by atoms with Crippen LogP contribution < -0.4 is 9.47 Å². The van der Waals surface area contributed by atoms with Crippen molar-refractivity contribution in [1.82, 2.24) is 4.90 Å². The van der Waals surface area contributed by atoms with Gasteiger partial charge in [0.15, 0.2) is 11.5 Å². The Kier molecular flexibility index (Phi) is 5.27. The van der Waals surface area contributed by atoms with Crippen molar-refractivity contribution in [3.63, 3.8) is 0 Å². The lowest BCUT2D eigenvalue weighted by Crippen LogP contribution is -2.83. The van der Waals surface area contributed by atoms with E-state index in [2.05, 4.69) is 17.9 Å². The van der Waals surface area contributed by atoms with Gasteiger partial charge in [-0.05, 0) is 86.7 Å². The molecule has 5 fully saturated rings. The van der Waals surface area contributed by atoms with Crippen LogP contribution in [-0.2, 0) is 22.7 Å². The number of halogens is 3. The first kappa shape index (κ1) is 26.3. The van der Waals surface area contributed by atoms with Gasteiger partial charge in [0.1, 0.15) is 11.7 Å². The lowest BCUT2D eigenvalue weighted by Gasteiger charge is -2.76. The summed E-state index contributed by atoms with van der Waals surface area (Å²) in [6.45, 7) is 4.21. The van der Waals surface area contributed by atoms with Crippen molar-refractivity contribution >= 4 is 0 Å². The molecule has 0 aromatic heterocycles. The van der Waals surface area contributed by atoms with Gasteiger partial charge in [0.2, 0.25) is 0 Å². The standard InChI is InChI=1S/C33H38F3NO4/c1-29(27(38)20-6-9-22(10-7-20)33(34,35)36)18-30-12-13-32(29,40-3)28-31(30)14-15-37(17-19-4-5-19)24(30)16-21-8-11-23(39-2)26(41-28)25(21)31/h6-11,19,24,27-28,38H,4-5,12-18H2,1-3H3/t24-,27-,28-,29+,30-,31+,32+/m1/s1. The van der Waals surface area contributed by atoms with Crippen LogP contribution in [0.25, 0.3) is 0 Å². The van der Waals surface area contributed by atoms with Crippen LogP contribution in [0.15, 0.2) is 36.4 Å². The molecule has 8 heteroatoms. The molecule has 2 heterocycles. The highest BCUT2D eigenvalue weighted by Gasteiger charge is 2.84. The van der Waals surface area contributed by atoms with Crippen LogP contribution in [0.2, 0.25) is 0 Å². The van der Waals surface area contributed by atoms with Crippen molar-refractivity contribution in [1.29, 1.82) is 0 Å². The molecule has 220 valence electrons. The molecule has 0 radical (unpaired) electrons. The van der Waals surface area contributed by atoms with Crippen molar-refractivity contribution in [2.75, 3.05) is 27.3 Å². The molecule has 41 heavy (non-hydrogen) atoms. The van der Waals surface area contributed by atoms with Crippen LogP contribution in [0.4, 0.5) is 13.2 Å². The van der Waals surface area contributed by atoms with Crippen molar-refractivity contribution in [3.8, 4) is 11.5 Å². The lowest BCUT2D eigenvalue weighted by atomic mass is 9.31. The maximum absolute atomic E-state index is 13.4. The number of piperidine rings is 1. The van der Waals surface area contributed by atoms with Crippen LogP contribution in [0, 0.1) is 16.7 Å². The summed E-state index contributed by atoms with van der Waals surface area (Å²) in [7, 11) is 3.40. The molecule has 2 aromatic carbocycles. The molecule has 7 atom stereocenters. The Balaban J connectivity index is 1.31. The molecule has 1 N–H and O–H groups in total. The molecule has 9 rings (SSSR count). The molecule has 1 saturated heterocycles. The Morgan fingerprint density at radius 3 is 2.49 bits per heavy atom. The zero-order valence-electron chi connectivity index (χ0n) is 23.9. The highest BCUT2D eigenvalue weighted by atomic mass is 19.4. The van der Waals surface area contributed by atoms with E-state index in [-0.39, 0.29) is 16.9 Å². The van der Waals surface area contributed by atoms with Gasteiger partial charge in [-0.3, -0.25) is 4.90 Å². The molecular weight excluding hydrogens is 531 g/mol. The van der Waals surface area contributed by atoms with Crippen LogP contribution >= 0.6 is 0 Å². The van der Waals surface area contributed by atoms with Gasteiger partial charge < -0.3 is 19.3 Å². The van der Waals surface area contributed by atoms with Gasteiger partial charge in [0.05, 0.1) is 18.8 Å². The number of methoxy groups -OCH3 is 2. The number of alkyl halides is 3. The first-order valence-electron chi connectivity index (χ1n) is 15.1. The van der Waals surface area contributed by atoms with E-state index >= 15 is 0 Å². The molecule has 2 aromatic rings. The maximum Gasteiger partial charge on any atom is 0.416 e. The van der Waals surface area contributed by atoms with E-state index in [1.165, 1.54) is 36.1 Å². The van der Waals surface area contributed by atoms with E-state index in [0.717, 1.165) is 74.7 Å². The largest absolute Gasteiger partial charge is 0.493 e. The van der Waals surface area contributed by atoms with E-state index in [1.807, 2.05) is 6.07 Å². The summed E-state index contributed by atoms with van der Waals surface area (Å²) in [4.78, 5) is 2.74. The van der Waals surface area contributed by atoms with Gasteiger partial charge in [-0.15, -0.1) is 0 Å². The average Bonchev–Trinajstić information content (AvgIpc) is 3.70. The highest BCUT2D eigenvalue weighted by Crippen LogP contribution is 2.80. The normalized spacial score (nSPS) is 39.3. The van der Waals surface area contributed by atoms with Gasteiger partial charge in [-0.2, -0.15) is 13.2 Å². The molecule has 5 nitrogen and oxygen atoms in total. The summed E-state index contributed by atoms with van der Waals surface area (Å²) in [6.07, 6.45) is 1.12. The fourth-order valence-electron chi connectivity index (χ4n) is 10.6. The minimum absolute atomic E-state index is 0.155. The summed E-state index contributed by atoms with van der Waals surface area (Å²) in [5.41, 5.74) is 0.356.